The van der Waals surface area contributed by atoms with Gasteiger partial charge in [0.1, 0.15) is 0 Å². The summed E-state index contributed by atoms with van der Waals surface area (Å²) in [5.41, 5.74) is 0. The zero-order chi connectivity index (χ0) is 6.15. The first kappa shape index (κ1) is 6.05. The summed E-state index contributed by atoms with van der Waals surface area (Å²) in [5.74, 6) is 0.472. The molecule has 0 bridgehead atoms. The number of likely N-dealkylation sites (N-methyl/N-ethyl adjacent to an activating group) is 1. The molecule has 0 saturated carbocycles. The summed E-state index contributed by atoms with van der Waals surface area (Å²) in [6.45, 7) is 3.97. The van der Waals surface area contributed by atoms with E-state index in [1.165, 1.54) is 0 Å². The van der Waals surface area contributed by atoms with E-state index in [2.05, 4.69) is 11.8 Å². The molecule has 1 N–H and O–H groups in total. The quantitative estimate of drug-likeness (QED) is 0.477. The van der Waals surface area contributed by atoms with E-state index < -0.39 is 0 Å². The molecule has 1 aliphatic rings. The average molecular weight is 115 g/mol. The van der Waals surface area contributed by atoms with E-state index in [1.54, 1.807) is 0 Å². The molecule has 48 valence electrons. The molecule has 0 spiro atoms. The third kappa shape index (κ3) is 1.01. The molecule has 2 nitrogen and oxygen atoms in total. The van der Waals surface area contributed by atoms with Crippen molar-refractivity contribution in [3.05, 3.63) is 0 Å². The molecule has 0 radical (unpaired) electrons. The van der Waals surface area contributed by atoms with E-state index in [0.717, 1.165) is 13.1 Å². The van der Waals surface area contributed by atoms with Crippen LogP contribution in [0.4, 0.5) is 0 Å². The first-order chi connectivity index (χ1) is 3.70. The summed E-state index contributed by atoms with van der Waals surface area (Å²) in [7, 11) is 2.03. The molecule has 1 heterocycles. The van der Waals surface area contributed by atoms with Crippen molar-refractivity contribution in [3.8, 4) is 0 Å². The van der Waals surface area contributed by atoms with Crippen LogP contribution in [0.5, 0.6) is 0 Å². The number of aliphatic hydroxyl groups is 1. The van der Waals surface area contributed by atoms with Crippen LogP contribution >= 0.6 is 0 Å². The van der Waals surface area contributed by atoms with Crippen molar-refractivity contribution in [1.29, 1.82) is 0 Å². The second-order valence-corrected chi connectivity index (χ2v) is 2.77. The topological polar surface area (TPSA) is 23.5 Å². The maximum atomic E-state index is 9.13. The number of rotatable bonds is 0. The second-order valence-electron chi connectivity index (χ2n) is 2.77. The van der Waals surface area contributed by atoms with Crippen molar-refractivity contribution >= 4 is 0 Å². The second kappa shape index (κ2) is 2.03. The zero-order valence-corrected chi connectivity index (χ0v) is 5.46. The first-order valence-corrected chi connectivity index (χ1v) is 3.07. The zero-order valence-electron chi connectivity index (χ0n) is 5.46. The van der Waals surface area contributed by atoms with Crippen LogP contribution in [0.15, 0.2) is 0 Å². The fraction of sp³-hybridized carbons (Fsp3) is 1.00. The Morgan fingerprint density at radius 3 is 2.25 bits per heavy atom. The lowest BCUT2D eigenvalue weighted by Gasteiger charge is -2.02. The van der Waals surface area contributed by atoms with Gasteiger partial charge in [-0.25, -0.2) is 0 Å². The van der Waals surface area contributed by atoms with Gasteiger partial charge in [-0.15, -0.1) is 0 Å². The molecule has 0 aromatic rings. The van der Waals surface area contributed by atoms with Gasteiger partial charge >= 0.3 is 0 Å². The largest absolute Gasteiger partial charge is 0.391 e. The van der Waals surface area contributed by atoms with Crippen LogP contribution in [-0.4, -0.2) is 36.2 Å². The van der Waals surface area contributed by atoms with E-state index in [0.29, 0.717) is 5.92 Å². The monoisotopic (exact) mass is 115 g/mol. The van der Waals surface area contributed by atoms with Crippen molar-refractivity contribution in [2.45, 2.75) is 13.0 Å². The fourth-order valence-electron chi connectivity index (χ4n) is 1.19. The molecule has 1 fully saturated rings. The van der Waals surface area contributed by atoms with E-state index >= 15 is 0 Å². The third-order valence-electron chi connectivity index (χ3n) is 1.76. The highest BCUT2D eigenvalue weighted by Gasteiger charge is 2.24. The molecular weight excluding hydrogens is 102 g/mol. The molecule has 2 atom stereocenters. The van der Waals surface area contributed by atoms with Crippen molar-refractivity contribution in [1.82, 2.24) is 4.90 Å². The van der Waals surface area contributed by atoms with Crippen LogP contribution in [0.1, 0.15) is 6.92 Å². The standard InChI is InChI=1S/C6H13NO/c1-5-3-7(2)4-6(5)8/h5-6,8H,3-4H2,1-2H3/t5-,6-/m0/s1. The van der Waals surface area contributed by atoms with Gasteiger partial charge in [0.2, 0.25) is 0 Å². The number of nitrogens with zero attached hydrogens (tertiary/aromatic N) is 1. The number of hydrogen-bond acceptors (Lipinski definition) is 2. The van der Waals surface area contributed by atoms with Gasteiger partial charge < -0.3 is 10.0 Å². The Kier molecular flexibility index (Phi) is 1.54. The minimum Gasteiger partial charge on any atom is -0.391 e. The van der Waals surface area contributed by atoms with Crippen molar-refractivity contribution < 1.29 is 5.11 Å². The summed E-state index contributed by atoms with van der Waals surface area (Å²) in [6, 6.07) is 0. The molecule has 0 unspecified atom stereocenters. The first-order valence-electron chi connectivity index (χ1n) is 3.07. The van der Waals surface area contributed by atoms with Gasteiger partial charge in [0.15, 0.2) is 0 Å². The number of likely N-dealkylation sites (tertiary alicyclic amines) is 1. The average Bonchev–Trinajstić information content (AvgIpc) is 1.85. The molecule has 0 aromatic heterocycles. The number of β-amino-alcohol motifs (C(OH)–C–C–N with tert-alkyl or cyclic N) is 1. The lowest BCUT2D eigenvalue weighted by Crippen LogP contribution is -2.16. The molecule has 1 rings (SSSR count). The molecule has 0 amide bonds. The number of hydrogen-bond donors (Lipinski definition) is 1. The molecule has 1 aliphatic heterocycles. The molecule has 8 heavy (non-hydrogen) atoms. The van der Waals surface area contributed by atoms with E-state index in [4.69, 9.17) is 5.11 Å². The van der Waals surface area contributed by atoms with Gasteiger partial charge in [0.05, 0.1) is 6.10 Å². The Labute approximate surface area is 50.1 Å². The van der Waals surface area contributed by atoms with E-state index in [-0.39, 0.29) is 6.10 Å². The highest BCUT2D eigenvalue weighted by molar-refractivity contribution is 4.77. The Balaban J connectivity index is 2.39. The minimum atomic E-state index is -0.0833. The number of aliphatic hydroxyl groups excluding tert-OH is 1. The van der Waals surface area contributed by atoms with Crippen LogP contribution in [0.3, 0.4) is 0 Å². The van der Waals surface area contributed by atoms with Gasteiger partial charge in [-0.2, -0.15) is 0 Å². The fourth-order valence-corrected chi connectivity index (χ4v) is 1.19. The van der Waals surface area contributed by atoms with Gasteiger partial charge in [-0.1, -0.05) is 6.92 Å². The van der Waals surface area contributed by atoms with Gasteiger partial charge in [0, 0.05) is 13.1 Å². The van der Waals surface area contributed by atoms with Crippen molar-refractivity contribution in [2.75, 3.05) is 20.1 Å². The Morgan fingerprint density at radius 1 is 1.50 bits per heavy atom. The minimum absolute atomic E-state index is 0.0833. The summed E-state index contributed by atoms with van der Waals surface area (Å²) in [4.78, 5) is 2.15. The van der Waals surface area contributed by atoms with Crippen LogP contribution in [0.25, 0.3) is 0 Å². The third-order valence-corrected chi connectivity index (χ3v) is 1.76. The Hall–Kier alpha value is -0.0800. The summed E-state index contributed by atoms with van der Waals surface area (Å²) in [5, 5.41) is 9.13. The van der Waals surface area contributed by atoms with Gasteiger partial charge in [-0.05, 0) is 13.0 Å². The summed E-state index contributed by atoms with van der Waals surface area (Å²) in [6.07, 6.45) is -0.0833. The SMILES string of the molecule is C[C@H]1CN(C)C[C@@H]1O. The van der Waals surface area contributed by atoms with Crippen LogP contribution < -0.4 is 0 Å². The van der Waals surface area contributed by atoms with E-state index in [9.17, 15) is 0 Å². The molecule has 0 aliphatic carbocycles. The van der Waals surface area contributed by atoms with Crippen LogP contribution in [0.2, 0.25) is 0 Å². The highest BCUT2D eigenvalue weighted by atomic mass is 16.3. The lowest BCUT2D eigenvalue weighted by molar-refractivity contribution is 0.151. The summed E-state index contributed by atoms with van der Waals surface area (Å²) >= 11 is 0. The van der Waals surface area contributed by atoms with E-state index in [1.807, 2.05) is 7.05 Å². The summed E-state index contributed by atoms with van der Waals surface area (Å²) < 4.78 is 0. The maximum absolute atomic E-state index is 9.13. The maximum Gasteiger partial charge on any atom is 0.0704 e. The predicted molar refractivity (Wildman–Crippen MR) is 32.7 cm³/mol. The van der Waals surface area contributed by atoms with Crippen molar-refractivity contribution in [3.63, 3.8) is 0 Å². The highest BCUT2D eigenvalue weighted by Crippen LogP contribution is 2.12. The predicted octanol–water partition coefficient (Wildman–Crippen LogP) is -0.0712. The molecule has 0 aromatic carbocycles. The van der Waals surface area contributed by atoms with Crippen molar-refractivity contribution in [2.24, 2.45) is 5.92 Å². The molecule has 1 saturated heterocycles. The lowest BCUT2D eigenvalue weighted by atomic mass is 10.1. The molecular formula is C6H13NO. The Morgan fingerprint density at radius 2 is 2.12 bits per heavy atom. The van der Waals surface area contributed by atoms with Crippen LogP contribution in [-0.2, 0) is 0 Å². The molecule has 2 heteroatoms. The smallest absolute Gasteiger partial charge is 0.0704 e. The van der Waals surface area contributed by atoms with Gasteiger partial charge in [-0.3, -0.25) is 0 Å². The normalized spacial score (nSPS) is 40.9. The van der Waals surface area contributed by atoms with Gasteiger partial charge in [0.25, 0.3) is 0 Å². The van der Waals surface area contributed by atoms with Crippen LogP contribution in [0, 0.1) is 5.92 Å². The Bertz CT molecular complexity index is 74.6.